The summed E-state index contributed by atoms with van der Waals surface area (Å²) < 4.78 is 5.10. The number of furan rings is 1. The Kier molecular flexibility index (Phi) is 8.20. The van der Waals surface area contributed by atoms with Gasteiger partial charge < -0.3 is 4.42 Å². The third-order valence-corrected chi connectivity index (χ3v) is 2.37. The second-order valence-electron chi connectivity index (χ2n) is 3.88. The van der Waals surface area contributed by atoms with Gasteiger partial charge in [0.2, 0.25) is 0 Å². The van der Waals surface area contributed by atoms with Gasteiger partial charge in [0.25, 0.3) is 0 Å². The summed E-state index contributed by atoms with van der Waals surface area (Å²) in [6, 6.07) is 3.64. The quantitative estimate of drug-likeness (QED) is 0.601. The van der Waals surface area contributed by atoms with E-state index >= 15 is 0 Å². The molecule has 0 fully saturated rings. The van der Waals surface area contributed by atoms with Gasteiger partial charge in [0.05, 0.1) is 6.26 Å². The lowest BCUT2D eigenvalue weighted by molar-refractivity contribution is -0.105. The van der Waals surface area contributed by atoms with Crippen molar-refractivity contribution in [2.45, 2.75) is 34.1 Å². The van der Waals surface area contributed by atoms with Crippen LogP contribution in [0.4, 0.5) is 0 Å². The molecule has 0 aliphatic carbocycles. The zero-order valence-electron chi connectivity index (χ0n) is 11.4. The molecule has 0 radical (unpaired) electrons. The molecule has 3 heteroatoms. The maximum Gasteiger partial charge on any atom is 0.146 e. The van der Waals surface area contributed by atoms with Gasteiger partial charge in [0.1, 0.15) is 18.3 Å². The molecule has 0 aromatic carbocycles. The number of carbonyl (C=O) groups is 2. The van der Waals surface area contributed by atoms with Gasteiger partial charge in [0, 0.05) is 0 Å². The number of rotatable bonds is 4. The predicted octanol–water partition coefficient (Wildman–Crippen LogP) is 3.81. The first kappa shape index (κ1) is 16.1. The maximum absolute atomic E-state index is 10.3. The topological polar surface area (TPSA) is 47.3 Å². The van der Waals surface area contributed by atoms with Gasteiger partial charge in [-0.1, -0.05) is 13.0 Å². The van der Waals surface area contributed by atoms with Crippen molar-refractivity contribution in [1.82, 2.24) is 0 Å². The summed E-state index contributed by atoms with van der Waals surface area (Å²) in [5.41, 5.74) is 2.42. The van der Waals surface area contributed by atoms with Gasteiger partial charge in [-0.15, -0.1) is 0 Å². The van der Waals surface area contributed by atoms with Crippen LogP contribution in [0.15, 0.2) is 40.0 Å². The average molecular weight is 248 g/mol. The molecule has 18 heavy (non-hydrogen) atoms. The first-order chi connectivity index (χ1) is 8.56. The van der Waals surface area contributed by atoms with E-state index < -0.39 is 0 Å². The van der Waals surface area contributed by atoms with E-state index in [4.69, 9.17) is 4.42 Å². The molecule has 98 valence electrons. The largest absolute Gasteiger partial charge is 0.465 e. The van der Waals surface area contributed by atoms with Crippen molar-refractivity contribution in [2.75, 3.05) is 0 Å². The number of aldehydes is 2. The Labute approximate surface area is 108 Å². The molecule has 0 amide bonds. The Balaban J connectivity index is 0.000000360. The van der Waals surface area contributed by atoms with E-state index in [9.17, 15) is 9.59 Å². The summed E-state index contributed by atoms with van der Waals surface area (Å²) in [6.45, 7) is 7.44. The van der Waals surface area contributed by atoms with Crippen LogP contribution in [0.25, 0.3) is 5.57 Å². The normalized spacial score (nSPS) is 12.1. The minimum atomic E-state index is 0.708. The lowest BCUT2D eigenvalue weighted by Crippen LogP contribution is -1.82. The molecule has 0 atom stereocenters. The lowest BCUT2D eigenvalue weighted by atomic mass is 10.1. The molecule has 3 nitrogen and oxygen atoms in total. The highest BCUT2D eigenvalue weighted by Crippen LogP contribution is 2.16. The van der Waals surface area contributed by atoms with E-state index in [1.165, 1.54) is 0 Å². The monoisotopic (exact) mass is 248 g/mol. The lowest BCUT2D eigenvalue weighted by Gasteiger charge is -1.96. The zero-order chi connectivity index (χ0) is 14.0. The highest BCUT2D eigenvalue weighted by atomic mass is 16.3. The summed E-state index contributed by atoms with van der Waals surface area (Å²) in [4.78, 5) is 20.2. The average Bonchev–Trinajstić information content (AvgIpc) is 2.91. The molecule has 0 bridgehead atoms. The van der Waals surface area contributed by atoms with Crippen molar-refractivity contribution in [2.24, 2.45) is 0 Å². The van der Waals surface area contributed by atoms with E-state index in [-0.39, 0.29) is 0 Å². The van der Waals surface area contributed by atoms with E-state index in [2.05, 4.69) is 0 Å². The Morgan fingerprint density at radius 1 is 1.22 bits per heavy atom. The number of hydrogen-bond donors (Lipinski definition) is 0. The second-order valence-corrected chi connectivity index (χ2v) is 3.88. The maximum atomic E-state index is 10.3. The number of hydrogen-bond acceptors (Lipinski definition) is 3. The third-order valence-electron chi connectivity index (χ3n) is 2.37. The molecule has 0 saturated carbocycles. The van der Waals surface area contributed by atoms with E-state index in [0.29, 0.717) is 5.57 Å². The molecule has 0 unspecified atom stereocenters. The summed E-state index contributed by atoms with van der Waals surface area (Å²) in [6.07, 6.45) is 6.13. The number of allylic oxidation sites excluding steroid dienone is 4. The molecule has 0 saturated heterocycles. The Hall–Kier alpha value is -1.90. The van der Waals surface area contributed by atoms with Crippen molar-refractivity contribution >= 4 is 18.1 Å². The van der Waals surface area contributed by atoms with E-state index in [1.807, 2.05) is 26.0 Å². The van der Waals surface area contributed by atoms with Gasteiger partial charge in [-0.25, -0.2) is 0 Å². The Bertz CT molecular complexity index is 423. The standard InChI is InChI=1S/C9H10O2.C6H10O/c1-7(6-10)8(2)9-4-3-5-11-9;1-3-4-6(2)5-7/h3-6H,1-2H3;4-5H,3H2,1-2H3/b;6-4+. The van der Waals surface area contributed by atoms with Crippen LogP contribution in [-0.4, -0.2) is 12.6 Å². The fourth-order valence-electron chi connectivity index (χ4n) is 1.14. The van der Waals surface area contributed by atoms with E-state index in [0.717, 1.165) is 35.9 Å². The van der Waals surface area contributed by atoms with Gasteiger partial charge >= 0.3 is 0 Å². The molecule has 1 rings (SSSR count). The zero-order valence-corrected chi connectivity index (χ0v) is 11.4. The fourth-order valence-corrected chi connectivity index (χ4v) is 1.14. The molecule has 0 aliphatic heterocycles. The van der Waals surface area contributed by atoms with Crippen LogP contribution in [0.3, 0.4) is 0 Å². The smallest absolute Gasteiger partial charge is 0.146 e. The molecule has 1 aromatic rings. The molecule has 1 heterocycles. The van der Waals surface area contributed by atoms with Crippen LogP contribution in [0.1, 0.15) is 39.9 Å². The summed E-state index contributed by atoms with van der Waals surface area (Å²) in [7, 11) is 0. The minimum absolute atomic E-state index is 0.708. The molecular weight excluding hydrogens is 228 g/mol. The summed E-state index contributed by atoms with van der Waals surface area (Å²) in [5.74, 6) is 0.759. The van der Waals surface area contributed by atoms with Crippen molar-refractivity contribution < 1.29 is 14.0 Å². The third kappa shape index (κ3) is 5.99. The van der Waals surface area contributed by atoms with Crippen molar-refractivity contribution in [1.29, 1.82) is 0 Å². The first-order valence-electron chi connectivity index (χ1n) is 5.85. The predicted molar refractivity (Wildman–Crippen MR) is 73.2 cm³/mol. The fraction of sp³-hybridized carbons (Fsp3) is 0.333. The highest BCUT2D eigenvalue weighted by Gasteiger charge is 2.00. The molecule has 0 N–H and O–H groups in total. The SMILES string of the molecule is CC(C=O)=C(C)c1ccco1.CC/C=C(\C)C=O. The van der Waals surface area contributed by atoms with Crippen molar-refractivity contribution in [3.63, 3.8) is 0 Å². The minimum Gasteiger partial charge on any atom is -0.465 e. The molecular formula is C15H20O3. The van der Waals surface area contributed by atoms with Gasteiger partial charge in [-0.3, -0.25) is 9.59 Å². The Morgan fingerprint density at radius 2 is 1.89 bits per heavy atom. The van der Waals surface area contributed by atoms with Crippen molar-refractivity contribution in [3.05, 3.63) is 41.4 Å². The second kappa shape index (κ2) is 9.16. The summed E-state index contributed by atoms with van der Waals surface area (Å²) in [5, 5.41) is 0. The van der Waals surface area contributed by atoms with Crippen LogP contribution < -0.4 is 0 Å². The van der Waals surface area contributed by atoms with Crippen molar-refractivity contribution in [3.8, 4) is 0 Å². The molecule has 0 aliphatic rings. The number of carbonyl (C=O) groups excluding carboxylic acids is 2. The van der Waals surface area contributed by atoms with Gasteiger partial charge in [-0.05, 0) is 56.0 Å². The Morgan fingerprint density at radius 3 is 2.22 bits per heavy atom. The van der Waals surface area contributed by atoms with Crippen LogP contribution in [0, 0.1) is 0 Å². The first-order valence-corrected chi connectivity index (χ1v) is 5.85. The van der Waals surface area contributed by atoms with E-state index in [1.54, 1.807) is 26.2 Å². The van der Waals surface area contributed by atoms with Gasteiger partial charge in [0.15, 0.2) is 0 Å². The highest BCUT2D eigenvalue weighted by molar-refractivity contribution is 5.85. The van der Waals surface area contributed by atoms with Crippen LogP contribution in [0.5, 0.6) is 0 Å². The van der Waals surface area contributed by atoms with Crippen LogP contribution in [-0.2, 0) is 9.59 Å². The van der Waals surface area contributed by atoms with Gasteiger partial charge in [-0.2, -0.15) is 0 Å². The molecule has 0 spiro atoms. The van der Waals surface area contributed by atoms with Crippen LogP contribution in [0.2, 0.25) is 0 Å². The molecule has 1 aromatic heterocycles. The summed E-state index contributed by atoms with van der Waals surface area (Å²) >= 11 is 0. The van der Waals surface area contributed by atoms with Crippen LogP contribution >= 0.6 is 0 Å².